The van der Waals surface area contributed by atoms with Crippen molar-refractivity contribution in [3.63, 3.8) is 0 Å². The first-order valence-corrected chi connectivity index (χ1v) is 9.38. The standard InChI is InChI=1S/C21H24FN5O/c1-13-9-17(25-26(13)4)20(28)24-18-10-21(2,3)11-19-16(18)12-23-27(19)15-7-5-14(22)6-8-15/h5-9,12,18H,10-11H2,1-4H3,(H,24,28)/t18-/m0/s1. The molecular weight excluding hydrogens is 357 g/mol. The molecule has 2 aromatic heterocycles. The molecule has 7 heteroatoms. The molecule has 0 spiro atoms. The second-order valence-electron chi connectivity index (χ2n) is 8.30. The van der Waals surface area contributed by atoms with Crippen molar-refractivity contribution in [2.75, 3.05) is 0 Å². The maximum atomic E-state index is 13.3. The third-order valence-electron chi connectivity index (χ3n) is 5.40. The molecule has 6 nitrogen and oxygen atoms in total. The van der Waals surface area contributed by atoms with Crippen LogP contribution in [0.3, 0.4) is 0 Å². The summed E-state index contributed by atoms with van der Waals surface area (Å²) in [4.78, 5) is 12.8. The number of rotatable bonds is 3. The highest BCUT2D eigenvalue weighted by molar-refractivity contribution is 5.92. The summed E-state index contributed by atoms with van der Waals surface area (Å²) >= 11 is 0. The molecule has 2 heterocycles. The van der Waals surface area contributed by atoms with Crippen LogP contribution in [0, 0.1) is 18.2 Å². The molecule has 1 amide bonds. The van der Waals surface area contributed by atoms with Crippen LogP contribution in [-0.2, 0) is 13.5 Å². The van der Waals surface area contributed by atoms with E-state index in [0.717, 1.165) is 35.5 Å². The quantitative estimate of drug-likeness (QED) is 0.755. The van der Waals surface area contributed by atoms with Gasteiger partial charge in [-0.3, -0.25) is 9.48 Å². The topological polar surface area (TPSA) is 64.7 Å². The molecule has 0 unspecified atom stereocenters. The lowest BCUT2D eigenvalue weighted by Crippen LogP contribution is -2.37. The van der Waals surface area contributed by atoms with Crippen molar-refractivity contribution in [2.24, 2.45) is 12.5 Å². The monoisotopic (exact) mass is 381 g/mol. The van der Waals surface area contributed by atoms with E-state index in [9.17, 15) is 9.18 Å². The minimum atomic E-state index is -0.277. The van der Waals surface area contributed by atoms with Crippen molar-refractivity contribution < 1.29 is 9.18 Å². The Balaban J connectivity index is 1.67. The normalized spacial score (nSPS) is 18.0. The number of aromatic nitrogens is 4. The van der Waals surface area contributed by atoms with Gasteiger partial charge in [-0.1, -0.05) is 13.8 Å². The molecule has 1 atom stereocenters. The Hall–Kier alpha value is -2.96. The van der Waals surface area contributed by atoms with Crippen molar-refractivity contribution in [1.29, 1.82) is 0 Å². The van der Waals surface area contributed by atoms with Gasteiger partial charge < -0.3 is 5.32 Å². The van der Waals surface area contributed by atoms with Crippen LogP contribution in [0.25, 0.3) is 5.69 Å². The summed E-state index contributed by atoms with van der Waals surface area (Å²) < 4.78 is 16.8. The van der Waals surface area contributed by atoms with E-state index in [1.807, 2.05) is 24.9 Å². The second kappa shape index (κ2) is 6.58. The van der Waals surface area contributed by atoms with Gasteiger partial charge in [0.05, 0.1) is 23.6 Å². The number of fused-ring (bicyclic) bond motifs is 1. The molecule has 0 bridgehead atoms. The lowest BCUT2D eigenvalue weighted by atomic mass is 9.74. The summed E-state index contributed by atoms with van der Waals surface area (Å²) in [6.07, 6.45) is 3.45. The van der Waals surface area contributed by atoms with Crippen LogP contribution < -0.4 is 5.32 Å². The van der Waals surface area contributed by atoms with Gasteiger partial charge in [0, 0.05) is 18.3 Å². The summed E-state index contributed by atoms with van der Waals surface area (Å²) in [5.41, 5.74) is 4.19. The zero-order chi connectivity index (χ0) is 20.1. The number of hydrogen-bond acceptors (Lipinski definition) is 3. The van der Waals surface area contributed by atoms with Crippen LogP contribution in [-0.4, -0.2) is 25.5 Å². The Bertz CT molecular complexity index is 1010. The van der Waals surface area contributed by atoms with Crippen LogP contribution in [0.15, 0.2) is 36.5 Å². The van der Waals surface area contributed by atoms with Gasteiger partial charge in [0.2, 0.25) is 0 Å². The molecule has 0 saturated heterocycles. The molecule has 1 N–H and O–H groups in total. The van der Waals surface area contributed by atoms with E-state index in [1.54, 1.807) is 22.9 Å². The number of nitrogens with one attached hydrogen (secondary N) is 1. The lowest BCUT2D eigenvalue weighted by molar-refractivity contribution is 0.0913. The molecule has 0 aliphatic heterocycles. The fraction of sp³-hybridized carbons (Fsp3) is 0.381. The van der Waals surface area contributed by atoms with Gasteiger partial charge >= 0.3 is 0 Å². The van der Waals surface area contributed by atoms with Crippen molar-refractivity contribution in [3.05, 3.63) is 65.0 Å². The Morgan fingerprint density at radius 1 is 1.29 bits per heavy atom. The summed E-state index contributed by atoms with van der Waals surface area (Å²) in [6, 6.07) is 7.93. The van der Waals surface area contributed by atoms with E-state index in [0.29, 0.717) is 5.69 Å². The first kappa shape index (κ1) is 18.4. The molecule has 1 aliphatic rings. The summed E-state index contributed by atoms with van der Waals surface area (Å²) in [5.74, 6) is -0.465. The van der Waals surface area contributed by atoms with Gasteiger partial charge in [0.25, 0.3) is 5.91 Å². The number of benzene rings is 1. The van der Waals surface area contributed by atoms with Gasteiger partial charge in [0.1, 0.15) is 11.5 Å². The molecule has 1 aromatic carbocycles. The Morgan fingerprint density at radius 2 is 2.00 bits per heavy atom. The third kappa shape index (κ3) is 3.32. The number of nitrogens with zero attached hydrogens (tertiary/aromatic N) is 4. The highest BCUT2D eigenvalue weighted by Crippen LogP contribution is 2.41. The Kier molecular flexibility index (Phi) is 4.33. The summed E-state index contributed by atoms with van der Waals surface area (Å²) in [7, 11) is 1.82. The molecule has 0 saturated carbocycles. The minimum absolute atomic E-state index is 0.0111. The van der Waals surface area contributed by atoms with Gasteiger partial charge in [0.15, 0.2) is 0 Å². The Labute approximate surface area is 163 Å². The smallest absolute Gasteiger partial charge is 0.272 e. The fourth-order valence-electron chi connectivity index (χ4n) is 3.88. The summed E-state index contributed by atoms with van der Waals surface area (Å²) in [6.45, 7) is 6.28. The first-order valence-electron chi connectivity index (χ1n) is 9.38. The average molecular weight is 381 g/mol. The number of aryl methyl sites for hydroxylation is 2. The highest BCUT2D eigenvalue weighted by Gasteiger charge is 2.36. The van der Waals surface area contributed by atoms with E-state index in [2.05, 4.69) is 29.4 Å². The predicted molar refractivity (Wildman–Crippen MR) is 104 cm³/mol. The van der Waals surface area contributed by atoms with Crippen LogP contribution in [0.1, 0.15) is 53.7 Å². The maximum absolute atomic E-state index is 13.3. The molecule has 146 valence electrons. The van der Waals surface area contributed by atoms with Crippen molar-refractivity contribution in [1.82, 2.24) is 24.9 Å². The SMILES string of the molecule is Cc1cc(C(=O)N[C@H]2CC(C)(C)Cc3c2cnn3-c2ccc(F)cc2)nn1C. The van der Waals surface area contributed by atoms with Gasteiger partial charge in [-0.15, -0.1) is 0 Å². The minimum Gasteiger partial charge on any atom is -0.344 e. The Morgan fingerprint density at radius 3 is 2.64 bits per heavy atom. The number of amides is 1. The van der Waals surface area contributed by atoms with E-state index in [1.165, 1.54) is 12.1 Å². The van der Waals surface area contributed by atoms with E-state index < -0.39 is 0 Å². The highest BCUT2D eigenvalue weighted by atomic mass is 19.1. The average Bonchev–Trinajstić information content (AvgIpc) is 3.18. The predicted octanol–water partition coefficient (Wildman–Crippen LogP) is 3.50. The number of carbonyl (C=O) groups excluding carboxylic acids is 1. The van der Waals surface area contributed by atoms with Crippen molar-refractivity contribution in [2.45, 2.75) is 39.7 Å². The molecule has 3 aromatic rings. The lowest BCUT2D eigenvalue weighted by Gasteiger charge is -2.35. The number of halogens is 1. The van der Waals surface area contributed by atoms with Crippen molar-refractivity contribution >= 4 is 5.91 Å². The first-order chi connectivity index (χ1) is 13.2. The molecular formula is C21H24FN5O. The molecule has 0 fully saturated rings. The molecule has 1 aliphatic carbocycles. The van der Waals surface area contributed by atoms with Crippen LogP contribution >= 0.6 is 0 Å². The van der Waals surface area contributed by atoms with Crippen LogP contribution in [0.4, 0.5) is 4.39 Å². The molecule has 28 heavy (non-hydrogen) atoms. The van der Waals surface area contributed by atoms with Gasteiger partial charge in [-0.05, 0) is 55.5 Å². The third-order valence-corrected chi connectivity index (χ3v) is 5.40. The largest absolute Gasteiger partial charge is 0.344 e. The van der Waals surface area contributed by atoms with Crippen LogP contribution in [0.5, 0.6) is 0 Å². The number of hydrogen-bond donors (Lipinski definition) is 1. The maximum Gasteiger partial charge on any atom is 0.272 e. The van der Waals surface area contributed by atoms with Crippen molar-refractivity contribution in [3.8, 4) is 5.69 Å². The zero-order valence-electron chi connectivity index (χ0n) is 16.5. The van der Waals surface area contributed by atoms with E-state index in [-0.39, 0.29) is 23.2 Å². The van der Waals surface area contributed by atoms with Crippen LogP contribution in [0.2, 0.25) is 0 Å². The van der Waals surface area contributed by atoms with Gasteiger partial charge in [-0.25, -0.2) is 9.07 Å². The second-order valence-corrected chi connectivity index (χ2v) is 8.30. The molecule has 4 rings (SSSR count). The summed E-state index contributed by atoms with van der Waals surface area (Å²) in [5, 5.41) is 11.9. The zero-order valence-corrected chi connectivity index (χ0v) is 16.5. The molecule has 0 radical (unpaired) electrons. The van der Waals surface area contributed by atoms with E-state index >= 15 is 0 Å². The number of carbonyl (C=O) groups is 1. The van der Waals surface area contributed by atoms with E-state index in [4.69, 9.17) is 0 Å². The van der Waals surface area contributed by atoms with Gasteiger partial charge in [-0.2, -0.15) is 10.2 Å². The fourth-order valence-corrected chi connectivity index (χ4v) is 3.88.